The van der Waals surface area contributed by atoms with Crippen molar-refractivity contribution in [3.8, 4) is 11.5 Å². The molecule has 0 aliphatic heterocycles. The third kappa shape index (κ3) is 40.7. The van der Waals surface area contributed by atoms with E-state index in [9.17, 15) is 77.3 Å². The molecule has 0 saturated carbocycles. The molecule has 0 aliphatic rings. The maximum atomic E-state index is 14.5. The predicted molar refractivity (Wildman–Crippen MR) is 439 cm³/mol. The molecule has 30 nitrogen and oxygen atoms in total. The Kier molecular flexibility index (Phi) is 46.9. The number of hydrogen-bond donors (Lipinski definition) is 10. The zero-order valence-corrected chi connectivity index (χ0v) is 68.5. The number of carbonyl (C=O) groups excluding carboxylic acids is 14. The van der Waals surface area contributed by atoms with E-state index >= 15 is 0 Å². The first-order valence-electron chi connectivity index (χ1n) is 40.1. The monoisotopic (exact) mass is 1660 g/mol. The van der Waals surface area contributed by atoms with Crippen LogP contribution in [0, 0.1) is 23.7 Å². The number of Topliss-reactive ketones (excluding diaryl/α,β-unsaturated/α-hetero) is 6. The third-order valence-corrected chi connectivity index (χ3v) is 19.4. The van der Waals surface area contributed by atoms with Crippen molar-refractivity contribution < 1.29 is 116 Å². The molecule has 6 aromatic carbocycles. The number of hydroxylamine groups is 2. The molecule has 0 heterocycles. The molecular weight excluding hydrogens is 1550 g/mol. The molecule has 0 fully saturated rings. The fourth-order valence-electron chi connectivity index (χ4n) is 12.8. The summed E-state index contributed by atoms with van der Waals surface area (Å²) in [6, 6.07) is 43.7. The normalized spacial score (nSPS) is 12.9. The van der Waals surface area contributed by atoms with E-state index in [1.165, 1.54) is 56.2 Å². The van der Waals surface area contributed by atoms with Crippen molar-refractivity contribution in [1.29, 1.82) is 0 Å². The Labute approximate surface area is 699 Å². The van der Waals surface area contributed by atoms with Crippen molar-refractivity contribution in [2.75, 3.05) is 53.9 Å². The molecule has 6 rings (SSSR count). The van der Waals surface area contributed by atoms with E-state index < -0.39 is 125 Å². The Morgan fingerprint density at radius 1 is 0.317 bits per heavy atom. The van der Waals surface area contributed by atoms with Gasteiger partial charge < -0.3 is 69.5 Å². The number of esters is 2. The molecule has 10 N–H and O–H groups in total. The Hall–Kier alpha value is -11.5. The molecule has 0 radical (unpaired) electrons. The van der Waals surface area contributed by atoms with Gasteiger partial charge in [-0.15, -0.1) is 0 Å². The average Bonchev–Trinajstić information content (AvgIpc) is 0.852. The fourth-order valence-corrected chi connectivity index (χ4v) is 12.8. The molecule has 0 aliphatic carbocycles. The van der Waals surface area contributed by atoms with Gasteiger partial charge in [0.2, 0.25) is 35.4 Å². The zero-order chi connectivity index (χ0) is 87.4. The highest BCUT2D eigenvalue weighted by Gasteiger charge is 2.36. The van der Waals surface area contributed by atoms with E-state index in [0.29, 0.717) is 56.0 Å². The van der Waals surface area contributed by atoms with Crippen LogP contribution in [-0.4, -0.2) is 181 Å². The zero-order valence-electron chi connectivity index (χ0n) is 68.5. The molecule has 30 heteroatoms. The summed E-state index contributed by atoms with van der Waals surface area (Å²) in [7, 11) is 3.07. The number of methoxy groups -OCH3 is 2. The summed E-state index contributed by atoms with van der Waals surface area (Å²) in [5.41, 5.74) is 7.30. The van der Waals surface area contributed by atoms with E-state index in [2.05, 4.69) is 21.3 Å². The minimum absolute atomic E-state index is 0.00163. The highest BCUT2D eigenvalue weighted by molar-refractivity contribution is 5.97. The van der Waals surface area contributed by atoms with Crippen LogP contribution >= 0.6 is 0 Å². The van der Waals surface area contributed by atoms with Gasteiger partial charge in [0.05, 0.1) is 50.6 Å². The summed E-state index contributed by atoms with van der Waals surface area (Å²) < 4.78 is 31.8. The molecule has 6 amide bonds. The Morgan fingerprint density at radius 3 is 0.975 bits per heavy atom. The summed E-state index contributed by atoms with van der Waals surface area (Å²) in [5, 5.41) is 48.6. The first kappa shape index (κ1) is 99.0. The largest absolute Gasteiger partial charge is 0.508 e. The molecule has 648 valence electrons. The quantitative estimate of drug-likeness (QED) is 0.00742. The lowest BCUT2D eigenvalue weighted by molar-refractivity contribution is -0.147. The first-order valence-corrected chi connectivity index (χ1v) is 40.1. The van der Waals surface area contributed by atoms with Gasteiger partial charge >= 0.3 is 11.9 Å². The van der Waals surface area contributed by atoms with Crippen LogP contribution in [0.3, 0.4) is 0 Å². The number of amides is 6. The van der Waals surface area contributed by atoms with E-state index in [4.69, 9.17) is 38.8 Å². The van der Waals surface area contributed by atoms with E-state index in [1.807, 2.05) is 54.6 Å². The van der Waals surface area contributed by atoms with Gasteiger partial charge in [0.25, 0.3) is 0 Å². The lowest BCUT2D eigenvalue weighted by Gasteiger charge is -2.25. The van der Waals surface area contributed by atoms with Crippen LogP contribution in [-0.2, 0) is 134 Å². The third-order valence-electron chi connectivity index (χ3n) is 19.4. The van der Waals surface area contributed by atoms with E-state index in [-0.39, 0.29) is 158 Å². The highest BCUT2D eigenvalue weighted by atomic mass is 16.5. The van der Waals surface area contributed by atoms with Gasteiger partial charge in [0.15, 0.2) is 23.1 Å². The van der Waals surface area contributed by atoms with Crippen molar-refractivity contribution in [2.24, 2.45) is 23.7 Å². The van der Waals surface area contributed by atoms with Crippen molar-refractivity contribution >= 4 is 82.1 Å². The Balaban J connectivity index is 0.000000436. The van der Waals surface area contributed by atoms with Crippen molar-refractivity contribution in [2.45, 2.75) is 180 Å². The molecule has 0 aromatic heterocycles. The topological polar surface area (TPSA) is 447 Å². The minimum Gasteiger partial charge on any atom is -0.508 e. The number of rotatable bonds is 58. The van der Waals surface area contributed by atoms with Crippen LogP contribution in [0.4, 0.5) is 0 Å². The molecule has 0 spiro atoms. The number of ketones is 6. The van der Waals surface area contributed by atoms with Gasteiger partial charge in [0.1, 0.15) is 36.3 Å². The molecule has 0 unspecified atom stereocenters. The number of phenols is 2. The summed E-state index contributed by atoms with van der Waals surface area (Å²) in [5.74, 6) is -11.8. The van der Waals surface area contributed by atoms with Gasteiger partial charge in [0, 0.05) is 115 Å². The van der Waals surface area contributed by atoms with Gasteiger partial charge in [-0.3, -0.25) is 67.9 Å². The first-order chi connectivity index (χ1) is 57.7. The number of ether oxygens (including phenoxy) is 6. The second-order valence-electron chi connectivity index (χ2n) is 29.2. The van der Waals surface area contributed by atoms with Crippen LogP contribution < -0.4 is 32.2 Å². The number of benzene rings is 6. The standard InChI is InChI=1S/C52H62N2O12.C38H52N4O12/c1-37(55)31-43(32-39-20-23-44(56)24-21-39)52(62)54-46(33-38-13-6-3-7-14-38)48(58)34-42(22-26-49(59)65-35-40-15-8-4-9-16-40)51(61)53-45(47(57)19-12-28-64-30-29-63-2)25-27-50(60)66-36-41-17-10-5-11-18-41;1-25(43)21-29(22-27-10-13-30(44)14-11-27)38(50)40-32(23-26-7-4-3-5-8-26)34(46)24-28(12-16-35(47)41-51)37(49)39-31(15-17-36(48)42-52)33(45)9-6-18-54-20-19-53-2/h3-11,13-18,20-21,23-24,42-43,45-46,56H,12,19,22,25-36H2,1-2H3,(H,53,61)(H,54,62);3-5,7-8,10-11,13-14,28-29,31-32,44,51-52H,6,9,12,15-24H2,1-2H3,(H,39,49)(H,40,50)(H,41,47)(H,42,48)/t42-,43+,45-,46-;28-,29+,31-,32-/m11/s1. The SMILES string of the molecule is COCCOCCCC(=O)[C@@H](CCC(=O)NO)NC(=O)[C@H](CCC(=O)NO)CC(=O)[C@@H](Cc1ccccc1)NC(=O)[C@@H](CC(C)=O)Cc1ccc(O)cc1.COCCOCCCC(=O)[C@@H](CCC(=O)OCc1ccccc1)NC(=O)[C@H](CCC(=O)OCc1ccccc1)CC(=O)[C@@H](Cc1ccccc1)NC(=O)[C@@H](CC(C)=O)Cc1ccc(O)cc1. The maximum Gasteiger partial charge on any atom is 0.306 e. The lowest BCUT2D eigenvalue weighted by Crippen LogP contribution is -2.48. The van der Waals surface area contributed by atoms with E-state index in [1.54, 1.807) is 98.1 Å². The number of phenolic OH excluding ortho intramolecular Hbond substituents is 2. The molecular formula is C90H114N6O24. The van der Waals surface area contributed by atoms with Crippen LogP contribution in [0.1, 0.15) is 150 Å². The number of carbonyl (C=O) groups is 14. The minimum atomic E-state index is -1.21. The summed E-state index contributed by atoms with van der Waals surface area (Å²) in [4.78, 5) is 186. The number of aromatic hydroxyl groups is 2. The maximum absolute atomic E-state index is 14.5. The molecule has 0 saturated heterocycles. The second kappa shape index (κ2) is 56.8. The predicted octanol–water partition coefficient (Wildman–Crippen LogP) is 8.28. The fraction of sp³-hybridized carbons (Fsp3) is 0.444. The number of hydrogen-bond acceptors (Lipinski definition) is 24. The van der Waals surface area contributed by atoms with Crippen LogP contribution in [0.15, 0.2) is 170 Å². The molecule has 0 bridgehead atoms. The highest BCUT2D eigenvalue weighted by Crippen LogP contribution is 2.25. The van der Waals surface area contributed by atoms with Crippen molar-refractivity contribution in [3.05, 3.63) is 203 Å². The van der Waals surface area contributed by atoms with Crippen LogP contribution in [0.5, 0.6) is 11.5 Å². The van der Waals surface area contributed by atoms with Gasteiger partial charge in [-0.25, -0.2) is 11.0 Å². The summed E-state index contributed by atoms with van der Waals surface area (Å²) >= 11 is 0. The Bertz CT molecular complexity index is 4180. The lowest BCUT2D eigenvalue weighted by atomic mass is 9.89. The van der Waals surface area contributed by atoms with E-state index in [0.717, 1.165) is 16.7 Å². The Morgan fingerprint density at radius 2 is 0.625 bits per heavy atom. The molecule has 6 aromatic rings. The van der Waals surface area contributed by atoms with Crippen molar-refractivity contribution in [3.63, 3.8) is 0 Å². The smallest absolute Gasteiger partial charge is 0.306 e. The van der Waals surface area contributed by atoms with Gasteiger partial charge in [-0.2, -0.15) is 0 Å². The molecule has 120 heavy (non-hydrogen) atoms. The average molecular weight is 1660 g/mol. The van der Waals surface area contributed by atoms with Gasteiger partial charge in [-0.1, -0.05) is 146 Å². The van der Waals surface area contributed by atoms with Crippen LogP contribution in [0.2, 0.25) is 0 Å². The number of nitrogens with one attached hydrogen (secondary N) is 6. The summed E-state index contributed by atoms with van der Waals surface area (Å²) in [6.07, 6.45) is -1.88. The van der Waals surface area contributed by atoms with Gasteiger partial charge in [-0.05, 0) is 136 Å². The van der Waals surface area contributed by atoms with Crippen LogP contribution in [0.25, 0.3) is 0 Å². The summed E-state index contributed by atoms with van der Waals surface area (Å²) in [6.45, 7) is 4.65. The van der Waals surface area contributed by atoms with Crippen molar-refractivity contribution in [1.82, 2.24) is 32.2 Å². The molecule has 8 atom stereocenters. The second-order valence-corrected chi connectivity index (χ2v) is 29.2.